The van der Waals surface area contributed by atoms with Crippen molar-refractivity contribution in [2.75, 3.05) is 13.1 Å². The molecule has 0 bridgehead atoms. The average Bonchev–Trinajstić information content (AvgIpc) is 2.88. The molecular weight excluding hydrogens is 254 g/mol. The number of nitrogens with one attached hydrogen (secondary N) is 1. The maximum absolute atomic E-state index is 12.4. The predicted molar refractivity (Wildman–Crippen MR) is 78.0 cm³/mol. The molecule has 3 N–H and O–H groups in total. The smallest absolute Gasteiger partial charge is 0.243 e. The third-order valence-electron chi connectivity index (χ3n) is 4.92. The number of rotatable bonds is 4. The Labute approximate surface area is 121 Å². The third kappa shape index (κ3) is 3.14. The first-order valence-electron chi connectivity index (χ1n) is 7.80. The van der Waals surface area contributed by atoms with Gasteiger partial charge in [0.15, 0.2) is 0 Å². The largest absolute Gasteiger partial charge is 0.368 e. The van der Waals surface area contributed by atoms with Gasteiger partial charge in [-0.2, -0.15) is 0 Å². The Kier molecular flexibility index (Phi) is 4.68. The second-order valence-electron chi connectivity index (χ2n) is 6.55. The lowest BCUT2D eigenvalue weighted by Gasteiger charge is -2.35. The molecular formula is C15H27N3O2. The highest BCUT2D eigenvalue weighted by atomic mass is 16.2. The van der Waals surface area contributed by atoms with Crippen LogP contribution in [0.5, 0.6) is 0 Å². The Hall–Kier alpha value is -1.10. The molecule has 0 aromatic heterocycles. The van der Waals surface area contributed by atoms with Crippen molar-refractivity contribution in [1.82, 2.24) is 10.2 Å². The molecule has 2 fully saturated rings. The van der Waals surface area contributed by atoms with E-state index in [0.29, 0.717) is 18.9 Å². The van der Waals surface area contributed by atoms with E-state index in [-0.39, 0.29) is 17.7 Å². The van der Waals surface area contributed by atoms with Crippen molar-refractivity contribution in [2.24, 2.45) is 11.7 Å². The van der Waals surface area contributed by atoms with E-state index in [1.807, 2.05) is 0 Å². The third-order valence-corrected chi connectivity index (χ3v) is 4.92. The molecule has 2 rings (SSSR count). The molecule has 20 heavy (non-hydrogen) atoms. The normalized spacial score (nSPS) is 23.9. The van der Waals surface area contributed by atoms with Crippen LogP contribution in [0.1, 0.15) is 52.4 Å². The van der Waals surface area contributed by atoms with Crippen LogP contribution >= 0.6 is 0 Å². The fourth-order valence-corrected chi connectivity index (χ4v) is 3.43. The van der Waals surface area contributed by atoms with Crippen molar-refractivity contribution in [2.45, 2.75) is 64.0 Å². The molecule has 0 spiro atoms. The van der Waals surface area contributed by atoms with Crippen LogP contribution in [0.25, 0.3) is 0 Å². The number of piperidine rings is 1. The number of hydrogen-bond acceptors (Lipinski definition) is 3. The van der Waals surface area contributed by atoms with Crippen molar-refractivity contribution >= 4 is 11.8 Å². The summed E-state index contributed by atoms with van der Waals surface area (Å²) in [5, 5.41) is 2.97. The van der Waals surface area contributed by atoms with E-state index in [2.05, 4.69) is 24.1 Å². The Morgan fingerprint density at radius 2 is 1.75 bits per heavy atom. The van der Waals surface area contributed by atoms with Crippen molar-refractivity contribution in [3.63, 3.8) is 0 Å². The van der Waals surface area contributed by atoms with Gasteiger partial charge in [-0.05, 0) is 52.6 Å². The van der Waals surface area contributed by atoms with Gasteiger partial charge in [-0.15, -0.1) is 0 Å². The van der Waals surface area contributed by atoms with Gasteiger partial charge < -0.3 is 16.0 Å². The minimum Gasteiger partial charge on any atom is -0.368 e. The standard InChI is InChI=1S/C15H27N3O2/c1-11(2)18-9-5-12(6-10-18)13(19)17-15(14(16)20)7-3-4-8-15/h11-12H,3-10H2,1-2H3,(H2,16,20)(H,17,19). The molecule has 0 aromatic carbocycles. The van der Waals surface area contributed by atoms with Crippen molar-refractivity contribution in [1.29, 1.82) is 0 Å². The number of amides is 2. The fourth-order valence-electron chi connectivity index (χ4n) is 3.43. The molecule has 0 atom stereocenters. The molecule has 0 radical (unpaired) electrons. The summed E-state index contributed by atoms with van der Waals surface area (Å²) in [5.41, 5.74) is 4.74. The van der Waals surface area contributed by atoms with Gasteiger partial charge in [0.25, 0.3) is 0 Å². The molecule has 1 heterocycles. The predicted octanol–water partition coefficient (Wildman–Crippen LogP) is 1.02. The second kappa shape index (κ2) is 6.12. The Balaban J connectivity index is 1.91. The molecule has 5 heteroatoms. The first kappa shape index (κ1) is 15.3. The van der Waals surface area contributed by atoms with E-state index in [1.165, 1.54) is 0 Å². The van der Waals surface area contributed by atoms with Gasteiger partial charge in [0.1, 0.15) is 5.54 Å². The minimum absolute atomic E-state index is 0.0223. The van der Waals surface area contributed by atoms with Gasteiger partial charge in [0.2, 0.25) is 11.8 Å². The summed E-state index contributed by atoms with van der Waals surface area (Å²) in [6, 6.07) is 0.533. The summed E-state index contributed by atoms with van der Waals surface area (Å²) in [5.74, 6) is -0.320. The van der Waals surface area contributed by atoms with Crippen molar-refractivity contribution in [3.05, 3.63) is 0 Å². The van der Waals surface area contributed by atoms with Crippen LogP contribution in [0.15, 0.2) is 0 Å². The molecule has 114 valence electrons. The molecule has 0 unspecified atom stereocenters. The molecule has 5 nitrogen and oxygen atoms in total. The number of nitrogens with two attached hydrogens (primary N) is 1. The maximum atomic E-state index is 12.4. The van der Waals surface area contributed by atoms with Crippen LogP contribution in [0.3, 0.4) is 0 Å². The summed E-state index contributed by atoms with van der Waals surface area (Å²) in [6.07, 6.45) is 5.07. The Bertz CT molecular complexity index is 367. The van der Waals surface area contributed by atoms with Crippen LogP contribution in [0.4, 0.5) is 0 Å². The molecule has 1 aliphatic heterocycles. The number of carbonyl (C=O) groups excluding carboxylic acids is 2. The summed E-state index contributed by atoms with van der Waals surface area (Å²) >= 11 is 0. The fraction of sp³-hybridized carbons (Fsp3) is 0.867. The zero-order valence-electron chi connectivity index (χ0n) is 12.7. The van der Waals surface area contributed by atoms with E-state index in [9.17, 15) is 9.59 Å². The summed E-state index contributed by atoms with van der Waals surface area (Å²) in [4.78, 5) is 26.5. The molecule has 1 aliphatic carbocycles. The van der Waals surface area contributed by atoms with E-state index in [4.69, 9.17) is 5.73 Å². The summed E-state index contributed by atoms with van der Waals surface area (Å²) in [7, 11) is 0. The first-order chi connectivity index (χ1) is 9.44. The average molecular weight is 281 g/mol. The van der Waals surface area contributed by atoms with Crippen LogP contribution in [-0.4, -0.2) is 41.4 Å². The van der Waals surface area contributed by atoms with Gasteiger partial charge in [0.05, 0.1) is 0 Å². The SMILES string of the molecule is CC(C)N1CCC(C(=O)NC2(C(N)=O)CCCC2)CC1. The van der Waals surface area contributed by atoms with E-state index in [1.54, 1.807) is 0 Å². The number of likely N-dealkylation sites (tertiary alicyclic amines) is 1. The quantitative estimate of drug-likeness (QED) is 0.808. The van der Waals surface area contributed by atoms with Gasteiger partial charge >= 0.3 is 0 Å². The van der Waals surface area contributed by atoms with Crippen LogP contribution in [0.2, 0.25) is 0 Å². The van der Waals surface area contributed by atoms with Crippen molar-refractivity contribution < 1.29 is 9.59 Å². The Morgan fingerprint density at radius 3 is 2.20 bits per heavy atom. The van der Waals surface area contributed by atoms with E-state index in [0.717, 1.165) is 38.8 Å². The maximum Gasteiger partial charge on any atom is 0.243 e. The minimum atomic E-state index is -0.772. The second-order valence-corrected chi connectivity index (χ2v) is 6.55. The molecule has 2 aliphatic rings. The number of hydrogen-bond donors (Lipinski definition) is 2. The lowest BCUT2D eigenvalue weighted by atomic mass is 9.91. The van der Waals surface area contributed by atoms with Gasteiger partial charge in [-0.1, -0.05) is 12.8 Å². The van der Waals surface area contributed by atoms with E-state index >= 15 is 0 Å². The monoisotopic (exact) mass is 281 g/mol. The van der Waals surface area contributed by atoms with Crippen LogP contribution in [-0.2, 0) is 9.59 Å². The molecule has 2 amide bonds. The highest BCUT2D eigenvalue weighted by Crippen LogP contribution is 2.30. The molecule has 1 saturated carbocycles. The number of nitrogens with zero attached hydrogens (tertiary/aromatic N) is 1. The van der Waals surface area contributed by atoms with Crippen LogP contribution in [0, 0.1) is 5.92 Å². The van der Waals surface area contributed by atoms with Gasteiger partial charge in [-0.3, -0.25) is 9.59 Å². The highest BCUT2D eigenvalue weighted by molar-refractivity contribution is 5.91. The van der Waals surface area contributed by atoms with Crippen LogP contribution < -0.4 is 11.1 Å². The summed E-state index contributed by atoms with van der Waals surface area (Å²) < 4.78 is 0. The first-order valence-corrected chi connectivity index (χ1v) is 7.80. The zero-order valence-corrected chi connectivity index (χ0v) is 12.7. The molecule has 1 saturated heterocycles. The molecule has 0 aromatic rings. The van der Waals surface area contributed by atoms with E-state index < -0.39 is 5.54 Å². The van der Waals surface area contributed by atoms with Gasteiger partial charge in [0, 0.05) is 12.0 Å². The number of primary amides is 1. The zero-order chi connectivity index (χ0) is 14.8. The lowest BCUT2D eigenvalue weighted by molar-refractivity contribution is -0.134. The Morgan fingerprint density at radius 1 is 1.20 bits per heavy atom. The lowest BCUT2D eigenvalue weighted by Crippen LogP contribution is -2.57. The summed E-state index contributed by atoms with van der Waals surface area (Å²) in [6.45, 7) is 6.28. The number of carbonyl (C=O) groups is 2. The topological polar surface area (TPSA) is 75.4 Å². The highest BCUT2D eigenvalue weighted by Gasteiger charge is 2.42. The van der Waals surface area contributed by atoms with Gasteiger partial charge in [-0.25, -0.2) is 0 Å². The van der Waals surface area contributed by atoms with Crippen molar-refractivity contribution in [3.8, 4) is 0 Å².